The number of carbonyl (C=O) groups is 1. The summed E-state index contributed by atoms with van der Waals surface area (Å²) in [6, 6.07) is 24.9. The highest BCUT2D eigenvalue weighted by molar-refractivity contribution is 7.83. The number of nitrogens with zero attached hydrogens (tertiary/aromatic N) is 4. The van der Waals surface area contributed by atoms with Gasteiger partial charge >= 0.3 is 0 Å². The first-order chi connectivity index (χ1) is 30.8. The summed E-state index contributed by atoms with van der Waals surface area (Å²) in [6.45, 7) is 13.1. The second kappa shape index (κ2) is 22.1. The Kier molecular flexibility index (Phi) is 16.4. The van der Waals surface area contributed by atoms with E-state index >= 15 is 0 Å². The van der Waals surface area contributed by atoms with E-state index in [0.29, 0.717) is 36.3 Å². The van der Waals surface area contributed by atoms with Crippen LogP contribution in [0.4, 0.5) is 17.1 Å². The van der Waals surface area contributed by atoms with Crippen molar-refractivity contribution in [2.45, 2.75) is 56.9 Å². The lowest BCUT2D eigenvalue weighted by Gasteiger charge is -2.39. The van der Waals surface area contributed by atoms with Crippen molar-refractivity contribution in [3.63, 3.8) is 0 Å². The number of nitro benzene ring substituents is 1. The van der Waals surface area contributed by atoms with Crippen LogP contribution in [0.15, 0.2) is 95.4 Å². The fourth-order valence-corrected chi connectivity index (χ4v) is 9.70. The Labute approximate surface area is 388 Å². The van der Waals surface area contributed by atoms with Crippen molar-refractivity contribution in [2.24, 2.45) is 5.41 Å². The number of ether oxygens (including phenoxy) is 3. The number of anilines is 2. The van der Waals surface area contributed by atoms with Crippen molar-refractivity contribution in [1.29, 1.82) is 0 Å². The van der Waals surface area contributed by atoms with Gasteiger partial charge in [0, 0.05) is 93.4 Å². The van der Waals surface area contributed by atoms with Crippen LogP contribution < -0.4 is 19.7 Å². The molecule has 342 valence electrons. The van der Waals surface area contributed by atoms with Crippen molar-refractivity contribution >= 4 is 62.7 Å². The summed E-state index contributed by atoms with van der Waals surface area (Å²) in [5, 5.41) is 16.8. The SMILES string of the molecule is COCCOCCN1CCC(Nc2ccc(S(=O)NC(=O)c3ccc(N4CCN(CC5=C(c6ccc(Cl)cc6)CC(C)(C)CC5)CC4)cc3Oc3cccc(Cl)c3)cc2[N+](=O)[O-])CC1. The van der Waals surface area contributed by atoms with Crippen LogP contribution >= 0.6 is 23.2 Å². The standard InChI is InChI=1S/C48H58Cl2N6O7S/c1-48(2)18-15-35(43(32-48)34-7-9-36(49)10-8-34)33-54-21-23-55(24-22-54)39-11-13-42(46(30-39)63-40-6-4-5-37(50)29-40)47(57)52-64(60)41-12-14-44(45(31-41)56(58)59)51-38-16-19-53(20-17-38)25-26-62-28-27-61-3/h4-14,29-31,38,51H,15-28,32-33H2,1-3H3,(H,52,57). The second-order valence-electron chi connectivity index (χ2n) is 17.4. The quantitative estimate of drug-likeness (QED) is 0.0561. The van der Waals surface area contributed by atoms with Gasteiger partial charge in [-0.3, -0.25) is 24.5 Å². The van der Waals surface area contributed by atoms with Gasteiger partial charge < -0.3 is 29.3 Å². The zero-order chi connectivity index (χ0) is 45.2. The molecule has 16 heteroatoms. The highest BCUT2D eigenvalue weighted by Crippen LogP contribution is 2.43. The van der Waals surface area contributed by atoms with Crippen molar-refractivity contribution in [3.8, 4) is 11.5 Å². The fourth-order valence-electron chi connectivity index (χ4n) is 8.59. The molecule has 4 aromatic rings. The lowest BCUT2D eigenvalue weighted by molar-refractivity contribution is -0.384. The molecule has 0 bridgehead atoms. The summed E-state index contributed by atoms with van der Waals surface area (Å²) < 4.78 is 33.1. The molecule has 2 aliphatic heterocycles. The van der Waals surface area contributed by atoms with E-state index in [9.17, 15) is 19.1 Å². The molecule has 1 aliphatic carbocycles. The highest BCUT2D eigenvalue weighted by Gasteiger charge is 2.30. The van der Waals surface area contributed by atoms with E-state index in [4.69, 9.17) is 37.4 Å². The first kappa shape index (κ1) is 47.4. The molecular weight excluding hydrogens is 876 g/mol. The van der Waals surface area contributed by atoms with Gasteiger partial charge in [0.1, 0.15) is 17.2 Å². The maximum absolute atomic E-state index is 13.9. The van der Waals surface area contributed by atoms with Gasteiger partial charge in [-0.05, 0) is 103 Å². The molecule has 4 aromatic carbocycles. The second-order valence-corrected chi connectivity index (χ2v) is 19.5. The first-order valence-corrected chi connectivity index (χ1v) is 23.8. The van der Waals surface area contributed by atoms with Gasteiger partial charge in [0.15, 0.2) is 11.0 Å². The lowest BCUT2D eigenvalue weighted by atomic mass is 9.72. The maximum Gasteiger partial charge on any atom is 0.293 e. The van der Waals surface area contributed by atoms with Crippen LogP contribution in [0.3, 0.4) is 0 Å². The molecule has 0 saturated carbocycles. The molecule has 2 saturated heterocycles. The zero-order valence-electron chi connectivity index (χ0n) is 36.8. The third-order valence-corrected chi connectivity index (χ3v) is 13.8. The van der Waals surface area contributed by atoms with E-state index in [1.165, 1.54) is 28.8 Å². The molecule has 1 unspecified atom stereocenters. The van der Waals surface area contributed by atoms with Gasteiger partial charge in [-0.2, -0.15) is 0 Å². The molecule has 1 atom stereocenters. The average Bonchev–Trinajstić information content (AvgIpc) is 3.28. The number of nitro groups is 1. The van der Waals surface area contributed by atoms with E-state index in [1.54, 1.807) is 43.5 Å². The minimum absolute atomic E-state index is 0.0335. The number of halogens is 2. The lowest BCUT2D eigenvalue weighted by Crippen LogP contribution is -2.47. The minimum Gasteiger partial charge on any atom is -0.456 e. The summed E-state index contributed by atoms with van der Waals surface area (Å²) in [5.74, 6) is 0.0313. The Morgan fingerprint density at radius 3 is 2.38 bits per heavy atom. The Hall–Kier alpha value is -4.54. The van der Waals surface area contributed by atoms with Crippen LogP contribution in [0.25, 0.3) is 5.57 Å². The highest BCUT2D eigenvalue weighted by atomic mass is 35.5. The summed E-state index contributed by atoms with van der Waals surface area (Å²) in [7, 11) is -0.480. The number of allylic oxidation sites excluding steroid dienone is 1. The van der Waals surface area contributed by atoms with E-state index in [1.807, 2.05) is 24.3 Å². The van der Waals surface area contributed by atoms with Crippen LogP contribution in [-0.4, -0.2) is 110 Å². The van der Waals surface area contributed by atoms with E-state index in [0.717, 1.165) is 95.2 Å². The molecule has 1 amide bonds. The van der Waals surface area contributed by atoms with Crippen molar-refractivity contribution in [3.05, 3.63) is 122 Å². The zero-order valence-corrected chi connectivity index (χ0v) is 39.1. The number of hydrogen-bond acceptors (Lipinski definition) is 11. The molecule has 2 heterocycles. The Morgan fingerprint density at radius 1 is 0.891 bits per heavy atom. The van der Waals surface area contributed by atoms with Crippen molar-refractivity contribution in [1.82, 2.24) is 14.5 Å². The van der Waals surface area contributed by atoms with Crippen molar-refractivity contribution < 1.29 is 28.1 Å². The van der Waals surface area contributed by atoms with Crippen LogP contribution in [0.5, 0.6) is 11.5 Å². The molecule has 0 radical (unpaired) electrons. The van der Waals surface area contributed by atoms with Crippen molar-refractivity contribution in [2.75, 3.05) is 89.5 Å². The molecule has 0 aromatic heterocycles. The number of likely N-dealkylation sites (tertiary alicyclic amines) is 1. The van der Waals surface area contributed by atoms with Gasteiger partial charge in [-0.1, -0.05) is 60.8 Å². The van der Waals surface area contributed by atoms with Crippen LogP contribution in [0.1, 0.15) is 61.9 Å². The predicted molar refractivity (Wildman–Crippen MR) is 255 cm³/mol. The van der Waals surface area contributed by atoms with Gasteiger partial charge in [-0.25, -0.2) is 4.21 Å². The minimum atomic E-state index is -2.12. The summed E-state index contributed by atoms with van der Waals surface area (Å²) in [4.78, 5) is 32.8. The number of methoxy groups -OCH3 is 1. The molecular formula is C48H58Cl2N6O7S. The number of nitrogens with one attached hydrogen (secondary N) is 2. The Morgan fingerprint density at radius 2 is 1.66 bits per heavy atom. The number of carbonyl (C=O) groups excluding carboxylic acids is 1. The molecule has 7 rings (SSSR count). The van der Waals surface area contributed by atoms with Gasteiger partial charge in [0.25, 0.3) is 11.6 Å². The summed E-state index contributed by atoms with van der Waals surface area (Å²) in [5.41, 5.74) is 5.56. The van der Waals surface area contributed by atoms with E-state index in [2.05, 4.69) is 50.7 Å². The average molecular weight is 934 g/mol. The summed E-state index contributed by atoms with van der Waals surface area (Å²) >= 11 is 12.5. The topological polar surface area (TPSA) is 139 Å². The normalized spacial score (nSPS) is 17.9. The first-order valence-electron chi connectivity index (χ1n) is 21.9. The summed E-state index contributed by atoms with van der Waals surface area (Å²) in [6.07, 6.45) is 4.86. The maximum atomic E-state index is 13.9. The monoisotopic (exact) mass is 932 g/mol. The van der Waals surface area contributed by atoms with Crippen LogP contribution in [0.2, 0.25) is 10.0 Å². The number of amides is 1. The molecule has 3 aliphatic rings. The fraction of sp³-hybridized carbons (Fsp3) is 0.438. The Balaban J connectivity index is 1.01. The number of piperidine rings is 1. The number of benzene rings is 4. The third kappa shape index (κ3) is 12.8. The van der Waals surface area contributed by atoms with E-state index in [-0.39, 0.29) is 33.4 Å². The molecule has 64 heavy (non-hydrogen) atoms. The van der Waals surface area contributed by atoms with Crippen LogP contribution in [-0.2, 0) is 20.5 Å². The van der Waals surface area contributed by atoms with Gasteiger partial charge in [0.05, 0.1) is 35.2 Å². The number of hydrogen-bond donors (Lipinski definition) is 2. The number of rotatable bonds is 18. The molecule has 13 nitrogen and oxygen atoms in total. The van der Waals surface area contributed by atoms with Gasteiger partial charge in [0.2, 0.25) is 0 Å². The smallest absolute Gasteiger partial charge is 0.293 e. The Bertz CT molecular complexity index is 2310. The molecule has 2 fully saturated rings. The van der Waals surface area contributed by atoms with E-state index < -0.39 is 21.8 Å². The third-order valence-electron chi connectivity index (χ3n) is 12.3. The predicted octanol–water partition coefficient (Wildman–Crippen LogP) is 9.47. The molecule has 2 N–H and O–H groups in total. The van der Waals surface area contributed by atoms with Crippen LogP contribution in [0, 0.1) is 15.5 Å². The van der Waals surface area contributed by atoms with Gasteiger partial charge in [-0.15, -0.1) is 0 Å². The largest absolute Gasteiger partial charge is 0.456 e. The number of piperazine rings is 1. The molecule has 0 spiro atoms.